The van der Waals surface area contributed by atoms with E-state index < -0.39 is 11.8 Å². The van der Waals surface area contributed by atoms with Crippen molar-refractivity contribution < 1.29 is 23.8 Å². The molecule has 0 aliphatic carbocycles. The zero-order chi connectivity index (χ0) is 19.6. The summed E-state index contributed by atoms with van der Waals surface area (Å²) in [5, 5.41) is 12.0. The van der Waals surface area contributed by atoms with E-state index in [1.54, 1.807) is 25.1 Å². The van der Waals surface area contributed by atoms with Gasteiger partial charge in [0, 0.05) is 13.2 Å². The highest BCUT2D eigenvalue weighted by Gasteiger charge is 2.18. The molecule has 8 nitrogen and oxygen atoms in total. The Morgan fingerprint density at radius 2 is 2.22 bits per heavy atom. The molecule has 2 amide bonds. The number of carbonyl (C=O) groups is 2. The standard InChI is InChI=1S/C19H23N3O5/c1-2-25-17-9-13(5-6-16(17)27-12-18(21)23)8-14(10-20)19(24)22-11-15-4-3-7-26-15/h5-6,8-9,15H,2-4,7,11-12H2,1H3,(H2,21,23)(H,22,24)/b14-8+/t15-/m0/s1. The van der Waals surface area contributed by atoms with E-state index in [-0.39, 0.29) is 18.3 Å². The Morgan fingerprint density at radius 3 is 2.85 bits per heavy atom. The summed E-state index contributed by atoms with van der Waals surface area (Å²) in [4.78, 5) is 23.1. The van der Waals surface area contributed by atoms with Crippen LogP contribution in [0.3, 0.4) is 0 Å². The normalized spacial score (nSPS) is 16.4. The van der Waals surface area contributed by atoms with Gasteiger partial charge in [-0.3, -0.25) is 9.59 Å². The van der Waals surface area contributed by atoms with Crippen LogP contribution in [-0.4, -0.2) is 44.3 Å². The van der Waals surface area contributed by atoms with Gasteiger partial charge in [0.15, 0.2) is 18.1 Å². The topological polar surface area (TPSA) is 124 Å². The van der Waals surface area contributed by atoms with Crippen LogP contribution in [0.25, 0.3) is 6.08 Å². The quantitative estimate of drug-likeness (QED) is 0.494. The van der Waals surface area contributed by atoms with Crippen molar-refractivity contribution in [2.75, 3.05) is 26.4 Å². The lowest BCUT2D eigenvalue weighted by atomic mass is 10.1. The zero-order valence-corrected chi connectivity index (χ0v) is 15.2. The van der Waals surface area contributed by atoms with Crippen LogP contribution in [0.5, 0.6) is 11.5 Å². The van der Waals surface area contributed by atoms with Gasteiger partial charge in [-0.05, 0) is 43.5 Å². The number of benzene rings is 1. The highest BCUT2D eigenvalue weighted by Crippen LogP contribution is 2.29. The molecule has 8 heteroatoms. The molecular formula is C19H23N3O5. The number of nitrogens with one attached hydrogen (secondary N) is 1. The van der Waals surface area contributed by atoms with Crippen molar-refractivity contribution >= 4 is 17.9 Å². The van der Waals surface area contributed by atoms with Crippen molar-refractivity contribution in [1.82, 2.24) is 5.32 Å². The van der Waals surface area contributed by atoms with Gasteiger partial charge in [-0.1, -0.05) is 6.07 Å². The third-order valence-electron chi connectivity index (χ3n) is 3.83. The zero-order valence-electron chi connectivity index (χ0n) is 15.2. The van der Waals surface area contributed by atoms with Crippen LogP contribution < -0.4 is 20.5 Å². The fourth-order valence-corrected chi connectivity index (χ4v) is 2.57. The number of carbonyl (C=O) groups excluding carboxylic acids is 2. The lowest BCUT2D eigenvalue weighted by molar-refractivity contribution is -0.120. The Labute approximate surface area is 157 Å². The average molecular weight is 373 g/mol. The number of nitrogens with two attached hydrogens (primary N) is 1. The first kappa shape index (κ1) is 20.3. The summed E-state index contributed by atoms with van der Waals surface area (Å²) in [5.41, 5.74) is 5.65. The molecule has 0 aromatic heterocycles. The van der Waals surface area contributed by atoms with Crippen LogP contribution in [0, 0.1) is 11.3 Å². The summed E-state index contributed by atoms with van der Waals surface area (Å²) in [6.07, 6.45) is 3.34. The minimum absolute atomic E-state index is 0.000127. The molecule has 0 spiro atoms. The van der Waals surface area contributed by atoms with E-state index >= 15 is 0 Å². The van der Waals surface area contributed by atoms with Gasteiger partial charge in [-0.15, -0.1) is 0 Å². The van der Waals surface area contributed by atoms with Crippen LogP contribution in [0.2, 0.25) is 0 Å². The van der Waals surface area contributed by atoms with Crippen molar-refractivity contribution in [3.8, 4) is 17.6 Å². The van der Waals surface area contributed by atoms with Crippen molar-refractivity contribution in [3.63, 3.8) is 0 Å². The molecule has 3 N–H and O–H groups in total. The second-order valence-corrected chi connectivity index (χ2v) is 5.91. The molecule has 0 bridgehead atoms. The summed E-state index contributed by atoms with van der Waals surface area (Å²) in [7, 11) is 0. The van der Waals surface area contributed by atoms with E-state index in [0.29, 0.717) is 36.8 Å². The lowest BCUT2D eigenvalue weighted by Gasteiger charge is -2.12. The summed E-state index contributed by atoms with van der Waals surface area (Å²) in [6.45, 7) is 2.99. The first-order valence-corrected chi connectivity index (χ1v) is 8.73. The molecule has 2 rings (SSSR count). The highest BCUT2D eigenvalue weighted by atomic mass is 16.5. The molecule has 144 valence electrons. The van der Waals surface area contributed by atoms with Crippen molar-refractivity contribution in [1.29, 1.82) is 5.26 Å². The third kappa shape index (κ3) is 6.31. The van der Waals surface area contributed by atoms with Gasteiger partial charge in [-0.2, -0.15) is 5.26 Å². The Kier molecular flexibility index (Phi) is 7.64. The minimum atomic E-state index is -0.601. The summed E-state index contributed by atoms with van der Waals surface area (Å²) in [5.74, 6) is -0.310. The monoisotopic (exact) mass is 373 g/mol. The van der Waals surface area contributed by atoms with Gasteiger partial charge >= 0.3 is 0 Å². The molecule has 0 radical (unpaired) electrons. The molecule has 1 saturated heterocycles. The fraction of sp³-hybridized carbons (Fsp3) is 0.421. The maximum Gasteiger partial charge on any atom is 0.262 e. The number of hydrogen-bond acceptors (Lipinski definition) is 6. The minimum Gasteiger partial charge on any atom is -0.490 e. The molecule has 0 unspecified atom stereocenters. The Bertz CT molecular complexity index is 748. The van der Waals surface area contributed by atoms with Crippen LogP contribution in [0.4, 0.5) is 0 Å². The predicted molar refractivity (Wildman–Crippen MR) is 97.9 cm³/mol. The number of rotatable bonds is 9. The average Bonchev–Trinajstić information content (AvgIpc) is 3.17. The Balaban J connectivity index is 2.11. The third-order valence-corrected chi connectivity index (χ3v) is 3.83. The molecule has 27 heavy (non-hydrogen) atoms. The summed E-state index contributed by atoms with van der Waals surface area (Å²) >= 11 is 0. The van der Waals surface area contributed by atoms with Crippen molar-refractivity contribution in [3.05, 3.63) is 29.3 Å². The van der Waals surface area contributed by atoms with Crippen molar-refractivity contribution in [2.45, 2.75) is 25.9 Å². The van der Waals surface area contributed by atoms with E-state index in [4.69, 9.17) is 19.9 Å². The number of nitrogens with zero attached hydrogens (tertiary/aromatic N) is 1. The number of amides is 2. The molecule has 1 aromatic rings. The van der Waals surface area contributed by atoms with Gasteiger partial charge in [0.1, 0.15) is 11.6 Å². The maximum absolute atomic E-state index is 12.2. The van der Waals surface area contributed by atoms with Crippen LogP contribution in [0.15, 0.2) is 23.8 Å². The molecule has 1 aliphatic rings. The lowest BCUT2D eigenvalue weighted by Crippen LogP contribution is -2.32. The number of nitriles is 1. The second-order valence-electron chi connectivity index (χ2n) is 5.91. The van der Waals surface area contributed by atoms with Gasteiger partial charge in [0.2, 0.25) is 0 Å². The van der Waals surface area contributed by atoms with E-state index in [1.165, 1.54) is 6.08 Å². The van der Waals surface area contributed by atoms with Gasteiger partial charge < -0.3 is 25.3 Å². The van der Waals surface area contributed by atoms with E-state index in [0.717, 1.165) is 12.8 Å². The number of primary amides is 1. The van der Waals surface area contributed by atoms with E-state index in [2.05, 4.69) is 5.32 Å². The van der Waals surface area contributed by atoms with Crippen LogP contribution in [0.1, 0.15) is 25.3 Å². The predicted octanol–water partition coefficient (Wildman–Crippen LogP) is 1.15. The number of hydrogen-bond donors (Lipinski definition) is 2. The van der Waals surface area contributed by atoms with E-state index in [9.17, 15) is 14.9 Å². The molecular weight excluding hydrogens is 350 g/mol. The van der Waals surface area contributed by atoms with Crippen LogP contribution >= 0.6 is 0 Å². The largest absolute Gasteiger partial charge is 0.490 e. The second kappa shape index (κ2) is 10.2. The first-order valence-electron chi connectivity index (χ1n) is 8.73. The summed E-state index contributed by atoms with van der Waals surface area (Å²) < 4.78 is 16.2. The van der Waals surface area contributed by atoms with Crippen LogP contribution in [-0.2, 0) is 14.3 Å². The molecule has 1 fully saturated rings. The van der Waals surface area contributed by atoms with Gasteiger partial charge in [-0.25, -0.2) is 0 Å². The smallest absolute Gasteiger partial charge is 0.262 e. The molecule has 1 aromatic carbocycles. The van der Waals surface area contributed by atoms with Crippen molar-refractivity contribution in [2.24, 2.45) is 5.73 Å². The maximum atomic E-state index is 12.2. The van der Waals surface area contributed by atoms with Gasteiger partial charge in [0.25, 0.3) is 11.8 Å². The Hall–Kier alpha value is -3.05. The number of ether oxygens (including phenoxy) is 3. The molecule has 1 aliphatic heterocycles. The Morgan fingerprint density at radius 1 is 1.41 bits per heavy atom. The highest BCUT2D eigenvalue weighted by molar-refractivity contribution is 6.01. The van der Waals surface area contributed by atoms with Gasteiger partial charge in [0.05, 0.1) is 12.7 Å². The summed E-state index contributed by atoms with van der Waals surface area (Å²) in [6, 6.07) is 6.79. The fourth-order valence-electron chi connectivity index (χ4n) is 2.57. The first-order chi connectivity index (χ1) is 13.0. The van der Waals surface area contributed by atoms with E-state index in [1.807, 2.05) is 6.07 Å². The molecule has 1 atom stereocenters. The molecule has 0 saturated carbocycles. The SMILES string of the molecule is CCOc1cc(/C=C(\C#N)C(=O)NC[C@@H]2CCCO2)ccc1OCC(N)=O. The molecule has 1 heterocycles.